The number of benzene rings is 1. The van der Waals surface area contributed by atoms with Crippen molar-refractivity contribution in [1.82, 2.24) is 15.3 Å². The van der Waals surface area contributed by atoms with Gasteiger partial charge in [-0.15, -0.1) is 0 Å². The van der Waals surface area contributed by atoms with E-state index in [4.69, 9.17) is 0 Å². The van der Waals surface area contributed by atoms with E-state index in [1.807, 2.05) is 0 Å². The van der Waals surface area contributed by atoms with Gasteiger partial charge in [0.2, 0.25) is 0 Å². The smallest absolute Gasteiger partial charge is 0.269 e. The summed E-state index contributed by atoms with van der Waals surface area (Å²) in [6.07, 6.45) is 3.18. The summed E-state index contributed by atoms with van der Waals surface area (Å²) in [4.78, 5) is 18.2. The van der Waals surface area contributed by atoms with Crippen molar-refractivity contribution >= 4 is 5.91 Å². The third-order valence-electron chi connectivity index (χ3n) is 2.79. The minimum atomic E-state index is -0.591. The Balaban J connectivity index is 2.20. The zero-order chi connectivity index (χ0) is 13.8. The molecule has 1 heterocycles. The van der Waals surface area contributed by atoms with Crippen LogP contribution in [0, 0.1) is 11.6 Å². The number of amides is 1. The molecule has 0 spiro atoms. The molecule has 0 bridgehead atoms. The Morgan fingerprint density at radius 2 is 2.26 bits per heavy atom. The molecule has 1 amide bonds. The molecule has 2 rings (SSSR count). The van der Waals surface area contributed by atoms with Gasteiger partial charge in [0.15, 0.2) is 0 Å². The summed E-state index contributed by atoms with van der Waals surface area (Å²) < 4.78 is 26.8. The normalized spacial score (nSPS) is 12.2. The number of carbonyl (C=O) groups is 1. The van der Waals surface area contributed by atoms with Crippen LogP contribution >= 0.6 is 0 Å². The summed E-state index contributed by atoms with van der Waals surface area (Å²) in [7, 11) is 0. The van der Waals surface area contributed by atoms with Crippen LogP contribution in [-0.4, -0.2) is 15.9 Å². The van der Waals surface area contributed by atoms with E-state index in [9.17, 15) is 13.6 Å². The van der Waals surface area contributed by atoms with Crippen molar-refractivity contribution in [3.63, 3.8) is 0 Å². The van der Waals surface area contributed by atoms with Crippen LogP contribution in [0.4, 0.5) is 8.78 Å². The molecule has 100 valence electrons. The molecule has 0 radical (unpaired) electrons. The lowest BCUT2D eigenvalue weighted by Gasteiger charge is -2.17. The lowest BCUT2D eigenvalue weighted by atomic mass is 10.0. The summed E-state index contributed by atoms with van der Waals surface area (Å²) in [5.74, 6) is -1.49. The SMILES string of the molecule is CCC(NC(=O)c1cnc[nH]1)c1cc(F)ccc1F. The number of hydrogen-bond donors (Lipinski definition) is 2. The van der Waals surface area contributed by atoms with Gasteiger partial charge < -0.3 is 10.3 Å². The molecule has 1 aromatic carbocycles. The Morgan fingerprint density at radius 1 is 1.47 bits per heavy atom. The number of imidazole rings is 1. The zero-order valence-electron chi connectivity index (χ0n) is 10.3. The van der Waals surface area contributed by atoms with Gasteiger partial charge in [-0.2, -0.15) is 0 Å². The van der Waals surface area contributed by atoms with Crippen molar-refractivity contribution in [3.8, 4) is 0 Å². The number of aromatic nitrogens is 2. The molecule has 2 aromatic rings. The van der Waals surface area contributed by atoms with Crippen molar-refractivity contribution in [1.29, 1.82) is 0 Å². The largest absolute Gasteiger partial charge is 0.344 e. The number of nitrogens with one attached hydrogen (secondary N) is 2. The number of halogens is 2. The van der Waals surface area contributed by atoms with E-state index in [2.05, 4.69) is 15.3 Å². The molecule has 19 heavy (non-hydrogen) atoms. The predicted molar refractivity (Wildman–Crippen MR) is 65.4 cm³/mol. The minimum Gasteiger partial charge on any atom is -0.344 e. The second-order valence-electron chi connectivity index (χ2n) is 4.07. The zero-order valence-corrected chi connectivity index (χ0v) is 10.3. The average molecular weight is 265 g/mol. The van der Waals surface area contributed by atoms with Crippen molar-refractivity contribution in [2.45, 2.75) is 19.4 Å². The first-order valence-electron chi connectivity index (χ1n) is 5.86. The highest BCUT2D eigenvalue weighted by molar-refractivity contribution is 5.92. The van der Waals surface area contributed by atoms with Gasteiger partial charge in [-0.1, -0.05) is 6.92 Å². The van der Waals surface area contributed by atoms with Crippen molar-refractivity contribution in [2.24, 2.45) is 0 Å². The van der Waals surface area contributed by atoms with Gasteiger partial charge in [0, 0.05) is 5.56 Å². The lowest BCUT2D eigenvalue weighted by Crippen LogP contribution is -2.29. The number of carbonyl (C=O) groups excluding carboxylic acids is 1. The van der Waals surface area contributed by atoms with Crippen LogP contribution in [0.1, 0.15) is 35.4 Å². The summed E-state index contributed by atoms with van der Waals surface area (Å²) in [6.45, 7) is 1.78. The molecule has 1 aromatic heterocycles. The van der Waals surface area contributed by atoms with Crippen LogP contribution < -0.4 is 5.32 Å². The highest BCUT2D eigenvalue weighted by atomic mass is 19.1. The van der Waals surface area contributed by atoms with Gasteiger partial charge in [0.1, 0.15) is 17.3 Å². The lowest BCUT2D eigenvalue weighted by molar-refractivity contribution is 0.0930. The van der Waals surface area contributed by atoms with E-state index in [1.165, 1.54) is 12.5 Å². The Bertz CT molecular complexity index is 569. The van der Waals surface area contributed by atoms with Crippen molar-refractivity contribution in [2.75, 3.05) is 0 Å². The molecule has 0 saturated heterocycles. The fourth-order valence-corrected chi connectivity index (χ4v) is 1.80. The summed E-state index contributed by atoms with van der Waals surface area (Å²) in [5, 5.41) is 2.64. The number of rotatable bonds is 4. The molecule has 6 heteroatoms. The van der Waals surface area contributed by atoms with Gasteiger partial charge >= 0.3 is 0 Å². The van der Waals surface area contributed by atoms with E-state index in [0.717, 1.165) is 18.2 Å². The highest BCUT2D eigenvalue weighted by Crippen LogP contribution is 2.21. The molecule has 4 nitrogen and oxygen atoms in total. The number of H-pyrrole nitrogens is 1. The molecular formula is C13H13F2N3O. The van der Waals surface area contributed by atoms with Crippen molar-refractivity contribution in [3.05, 3.63) is 53.6 Å². The summed E-state index contributed by atoms with van der Waals surface area (Å²) in [5.41, 5.74) is 0.408. The molecule has 0 aliphatic rings. The highest BCUT2D eigenvalue weighted by Gasteiger charge is 2.18. The van der Waals surface area contributed by atoms with Gasteiger partial charge in [-0.25, -0.2) is 13.8 Å². The predicted octanol–water partition coefficient (Wildman–Crippen LogP) is 2.57. The maximum absolute atomic E-state index is 13.7. The Morgan fingerprint density at radius 3 is 2.89 bits per heavy atom. The topological polar surface area (TPSA) is 57.8 Å². The fourth-order valence-electron chi connectivity index (χ4n) is 1.80. The van der Waals surface area contributed by atoms with Crippen LogP contribution in [0.2, 0.25) is 0 Å². The summed E-state index contributed by atoms with van der Waals surface area (Å²) in [6, 6.07) is 2.60. The third kappa shape index (κ3) is 2.96. The van der Waals surface area contributed by atoms with Crippen LogP contribution in [0.5, 0.6) is 0 Å². The molecule has 2 N–H and O–H groups in total. The quantitative estimate of drug-likeness (QED) is 0.892. The Labute approximate surface area is 108 Å². The molecule has 1 unspecified atom stereocenters. The van der Waals surface area contributed by atoms with Crippen LogP contribution in [0.15, 0.2) is 30.7 Å². The first-order valence-corrected chi connectivity index (χ1v) is 5.86. The molecule has 0 aliphatic carbocycles. The van der Waals surface area contributed by atoms with Crippen molar-refractivity contribution < 1.29 is 13.6 Å². The Hall–Kier alpha value is -2.24. The van der Waals surface area contributed by atoms with E-state index in [1.54, 1.807) is 6.92 Å². The fraction of sp³-hybridized carbons (Fsp3) is 0.231. The molecule has 1 atom stereocenters. The summed E-state index contributed by atoms with van der Waals surface area (Å²) >= 11 is 0. The standard InChI is InChI=1S/C13H13F2N3O/c1-2-11(9-5-8(14)3-4-10(9)15)18-13(19)12-6-16-7-17-12/h3-7,11H,2H2,1H3,(H,16,17)(H,18,19). The van der Waals surface area contributed by atoms with Crippen LogP contribution in [0.3, 0.4) is 0 Å². The second kappa shape index (κ2) is 5.60. The first-order chi connectivity index (χ1) is 9.11. The van der Waals surface area contributed by atoms with E-state index < -0.39 is 23.6 Å². The van der Waals surface area contributed by atoms with Crippen LogP contribution in [-0.2, 0) is 0 Å². The third-order valence-corrected chi connectivity index (χ3v) is 2.79. The van der Waals surface area contributed by atoms with E-state index in [0.29, 0.717) is 6.42 Å². The maximum atomic E-state index is 13.7. The molecular weight excluding hydrogens is 252 g/mol. The number of aromatic amines is 1. The average Bonchev–Trinajstić information content (AvgIpc) is 2.93. The van der Waals surface area contributed by atoms with Gasteiger partial charge in [-0.05, 0) is 24.6 Å². The van der Waals surface area contributed by atoms with Crippen LogP contribution in [0.25, 0.3) is 0 Å². The first kappa shape index (κ1) is 13.2. The minimum absolute atomic E-state index is 0.135. The number of nitrogens with zero attached hydrogens (tertiary/aromatic N) is 1. The molecule has 0 aliphatic heterocycles. The van der Waals surface area contributed by atoms with Gasteiger partial charge in [0.25, 0.3) is 5.91 Å². The van der Waals surface area contributed by atoms with Gasteiger partial charge in [0.05, 0.1) is 18.6 Å². The van der Waals surface area contributed by atoms with E-state index >= 15 is 0 Å². The van der Waals surface area contributed by atoms with Gasteiger partial charge in [-0.3, -0.25) is 4.79 Å². The monoisotopic (exact) mass is 265 g/mol. The Kier molecular flexibility index (Phi) is 3.89. The second-order valence-corrected chi connectivity index (χ2v) is 4.07. The van der Waals surface area contributed by atoms with E-state index in [-0.39, 0.29) is 11.3 Å². The molecule has 0 fully saturated rings. The molecule has 0 saturated carbocycles. The maximum Gasteiger partial charge on any atom is 0.269 e. The number of hydrogen-bond acceptors (Lipinski definition) is 2.